The van der Waals surface area contributed by atoms with Gasteiger partial charge in [-0.1, -0.05) is 30.3 Å². The Balaban J connectivity index is 1.56. The normalized spacial score (nSPS) is 10.5. The molecule has 0 atom stereocenters. The standard InChI is InChI=1S/C23H20N4O2/c1-2-29-20-11-4-3-9-18(20)27-23(28)17-12-14-24-21(15-17)26-19-10-5-7-16-8-6-13-25-22(16)19/h3-15H,2H2,1H3,(H,24,26)(H,27,28). The highest BCUT2D eigenvalue weighted by molar-refractivity contribution is 6.05. The lowest BCUT2D eigenvalue weighted by Gasteiger charge is -2.12. The van der Waals surface area contributed by atoms with Gasteiger partial charge in [-0.2, -0.15) is 0 Å². The van der Waals surface area contributed by atoms with Gasteiger partial charge >= 0.3 is 0 Å². The van der Waals surface area contributed by atoms with E-state index < -0.39 is 0 Å². The Kier molecular flexibility index (Phi) is 5.33. The van der Waals surface area contributed by atoms with Gasteiger partial charge in [0.15, 0.2) is 0 Å². The molecule has 29 heavy (non-hydrogen) atoms. The number of aromatic nitrogens is 2. The molecule has 6 nitrogen and oxygen atoms in total. The largest absolute Gasteiger partial charge is 0.492 e. The van der Waals surface area contributed by atoms with Crippen LogP contribution in [-0.2, 0) is 0 Å². The van der Waals surface area contributed by atoms with Gasteiger partial charge in [0.1, 0.15) is 11.6 Å². The minimum atomic E-state index is -0.237. The Morgan fingerprint density at radius 1 is 0.931 bits per heavy atom. The van der Waals surface area contributed by atoms with Crippen LogP contribution in [0, 0.1) is 0 Å². The molecule has 0 spiro atoms. The zero-order chi connectivity index (χ0) is 20.1. The highest BCUT2D eigenvalue weighted by Crippen LogP contribution is 2.26. The first-order valence-electron chi connectivity index (χ1n) is 9.34. The minimum absolute atomic E-state index is 0.237. The maximum absolute atomic E-state index is 12.8. The summed E-state index contributed by atoms with van der Waals surface area (Å²) in [6.45, 7) is 2.43. The summed E-state index contributed by atoms with van der Waals surface area (Å²) in [5.41, 5.74) is 2.79. The molecular weight excluding hydrogens is 364 g/mol. The quantitative estimate of drug-likeness (QED) is 0.488. The number of hydrogen-bond acceptors (Lipinski definition) is 5. The Morgan fingerprint density at radius 2 is 1.76 bits per heavy atom. The molecule has 0 radical (unpaired) electrons. The molecule has 144 valence electrons. The first-order chi connectivity index (χ1) is 14.2. The third-order valence-corrected chi connectivity index (χ3v) is 4.35. The van der Waals surface area contributed by atoms with E-state index in [1.165, 1.54) is 0 Å². The van der Waals surface area contributed by atoms with Crippen molar-refractivity contribution in [1.82, 2.24) is 9.97 Å². The van der Waals surface area contributed by atoms with Gasteiger partial charge in [0, 0.05) is 23.3 Å². The second-order valence-electron chi connectivity index (χ2n) is 6.32. The van der Waals surface area contributed by atoms with Crippen LogP contribution in [-0.4, -0.2) is 22.5 Å². The zero-order valence-electron chi connectivity index (χ0n) is 15.9. The fourth-order valence-corrected chi connectivity index (χ4v) is 3.03. The lowest BCUT2D eigenvalue weighted by Crippen LogP contribution is -2.13. The zero-order valence-corrected chi connectivity index (χ0v) is 15.9. The van der Waals surface area contributed by atoms with Gasteiger partial charge in [-0.3, -0.25) is 9.78 Å². The molecule has 0 unspecified atom stereocenters. The van der Waals surface area contributed by atoms with Crippen LogP contribution in [0.15, 0.2) is 79.1 Å². The number of rotatable bonds is 6. The maximum atomic E-state index is 12.8. The van der Waals surface area contributed by atoms with Crippen LogP contribution in [0.1, 0.15) is 17.3 Å². The first kappa shape index (κ1) is 18.4. The SMILES string of the molecule is CCOc1ccccc1NC(=O)c1ccnc(Nc2cccc3cccnc23)c1. The van der Waals surface area contributed by atoms with E-state index in [-0.39, 0.29) is 5.91 Å². The second-order valence-corrected chi connectivity index (χ2v) is 6.32. The third-order valence-electron chi connectivity index (χ3n) is 4.35. The molecule has 0 aliphatic heterocycles. The molecule has 0 saturated carbocycles. The number of para-hydroxylation sites is 3. The molecule has 4 rings (SSSR count). The van der Waals surface area contributed by atoms with E-state index in [4.69, 9.17) is 4.74 Å². The maximum Gasteiger partial charge on any atom is 0.255 e. The molecular formula is C23H20N4O2. The number of amides is 1. The molecule has 2 N–H and O–H groups in total. The molecule has 1 amide bonds. The van der Waals surface area contributed by atoms with Crippen LogP contribution in [0.3, 0.4) is 0 Å². The molecule has 2 aromatic carbocycles. The van der Waals surface area contributed by atoms with Gasteiger partial charge in [0.2, 0.25) is 0 Å². The van der Waals surface area contributed by atoms with Crippen molar-refractivity contribution in [3.63, 3.8) is 0 Å². The number of benzene rings is 2. The van der Waals surface area contributed by atoms with E-state index in [0.717, 1.165) is 16.6 Å². The van der Waals surface area contributed by atoms with Crippen molar-refractivity contribution in [3.8, 4) is 5.75 Å². The van der Waals surface area contributed by atoms with Crippen molar-refractivity contribution in [2.75, 3.05) is 17.2 Å². The fraction of sp³-hybridized carbons (Fsp3) is 0.0870. The van der Waals surface area contributed by atoms with Gasteiger partial charge in [0.05, 0.1) is 23.5 Å². The van der Waals surface area contributed by atoms with E-state index in [2.05, 4.69) is 20.6 Å². The van der Waals surface area contributed by atoms with Crippen molar-refractivity contribution >= 4 is 34.0 Å². The average molecular weight is 384 g/mol. The summed E-state index contributed by atoms with van der Waals surface area (Å²) in [5, 5.41) is 7.19. The highest BCUT2D eigenvalue weighted by atomic mass is 16.5. The van der Waals surface area contributed by atoms with Crippen LogP contribution in [0.4, 0.5) is 17.2 Å². The monoisotopic (exact) mass is 384 g/mol. The van der Waals surface area contributed by atoms with Crippen LogP contribution in [0.5, 0.6) is 5.75 Å². The van der Waals surface area contributed by atoms with Crippen molar-refractivity contribution in [2.24, 2.45) is 0 Å². The lowest BCUT2D eigenvalue weighted by molar-refractivity contribution is 0.102. The number of nitrogens with zero attached hydrogens (tertiary/aromatic N) is 2. The first-order valence-corrected chi connectivity index (χ1v) is 9.34. The molecule has 0 saturated heterocycles. The number of carbonyl (C=O) groups is 1. The topological polar surface area (TPSA) is 76.1 Å². The number of fused-ring (bicyclic) bond motifs is 1. The summed E-state index contributed by atoms with van der Waals surface area (Å²) in [7, 11) is 0. The summed E-state index contributed by atoms with van der Waals surface area (Å²) in [5.74, 6) is 0.963. The molecule has 6 heteroatoms. The van der Waals surface area contributed by atoms with Crippen LogP contribution in [0.2, 0.25) is 0 Å². The smallest absolute Gasteiger partial charge is 0.255 e. The number of pyridine rings is 2. The van der Waals surface area contributed by atoms with Crippen LogP contribution in [0.25, 0.3) is 10.9 Å². The van der Waals surface area contributed by atoms with Gasteiger partial charge < -0.3 is 15.4 Å². The Labute approximate surface area is 168 Å². The molecule has 2 aromatic heterocycles. The highest BCUT2D eigenvalue weighted by Gasteiger charge is 2.11. The average Bonchev–Trinajstić information content (AvgIpc) is 2.76. The van der Waals surface area contributed by atoms with Gasteiger partial charge in [-0.15, -0.1) is 0 Å². The number of ether oxygens (including phenoxy) is 1. The number of nitrogens with one attached hydrogen (secondary N) is 2. The summed E-state index contributed by atoms with van der Waals surface area (Å²) in [4.78, 5) is 21.5. The second kappa shape index (κ2) is 8.39. The Bertz CT molecular complexity index is 1150. The molecule has 4 aromatic rings. The fourth-order valence-electron chi connectivity index (χ4n) is 3.03. The predicted octanol–water partition coefficient (Wildman–Crippen LogP) is 5.02. The molecule has 0 aliphatic rings. The molecule has 0 fully saturated rings. The van der Waals surface area contributed by atoms with E-state index >= 15 is 0 Å². The molecule has 0 aliphatic carbocycles. The van der Waals surface area contributed by atoms with Crippen LogP contribution >= 0.6 is 0 Å². The van der Waals surface area contributed by atoms with E-state index in [1.807, 2.05) is 61.5 Å². The molecule has 0 bridgehead atoms. The van der Waals surface area contributed by atoms with E-state index in [9.17, 15) is 4.79 Å². The van der Waals surface area contributed by atoms with E-state index in [0.29, 0.717) is 29.4 Å². The van der Waals surface area contributed by atoms with Gasteiger partial charge in [-0.05, 0) is 43.3 Å². The summed E-state index contributed by atoms with van der Waals surface area (Å²) < 4.78 is 5.57. The van der Waals surface area contributed by atoms with Crippen molar-refractivity contribution in [3.05, 3.63) is 84.7 Å². The van der Waals surface area contributed by atoms with Gasteiger partial charge in [0.25, 0.3) is 5.91 Å². The Hall–Kier alpha value is -3.93. The summed E-state index contributed by atoms with van der Waals surface area (Å²) in [6, 6.07) is 20.5. The van der Waals surface area contributed by atoms with Gasteiger partial charge in [-0.25, -0.2) is 4.98 Å². The predicted molar refractivity (Wildman–Crippen MR) is 115 cm³/mol. The number of hydrogen-bond donors (Lipinski definition) is 2. The summed E-state index contributed by atoms with van der Waals surface area (Å²) in [6.07, 6.45) is 3.35. The summed E-state index contributed by atoms with van der Waals surface area (Å²) >= 11 is 0. The van der Waals surface area contributed by atoms with Crippen molar-refractivity contribution in [2.45, 2.75) is 6.92 Å². The minimum Gasteiger partial charge on any atom is -0.492 e. The third kappa shape index (κ3) is 4.16. The lowest BCUT2D eigenvalue weighted by atomic mass is 10.2. The number of carbonyl (C=O) groups excluding carboxylic acids is 1. The molecule has 2 heterocycles. The Morgan fingerprint density at radius 3 is 2.66 bits per heavy atom. The van der Waals surface area contributed by atoms with E-state index in [1.54, 1.807) is 24.5 Å². The van der Waals surface area contributed by atoms with Crippen LogP contribution < -0.4 is 15.4 Å². The number of anilines is 3. The van der Waals surface area contributed by atoms with Crippen molar-refractivity contribution in [1.29, 1.82) is 0 Å². The van der Waals surface area contributed by atoms with Crippen molar-refractivity contribution < 1.29 is 9.53 Å².